The molecule has 0 saturated heterocycles. The number of hydrogen-bond donors (Lipinski definition) is 1. The Labute approximate surface area is 121 Å². The summed E-state index contributed by atoms with van der Waals surface area (Å²) >= 11 is 0. The minimum Gasteiger partial charge on any atom is -0.383 e. The van der Waals surface area contributed by atoms with Gasteiger partial charge in [0.2, 0.25) is 0 Å². The highest BCUT2D eigenvalue weighted by molar-refractivity contribution is 5.22. The third-order valence-electron chi connectivity index (χ3n) is 3.76. The van der Waals surface area contributed by atoms with Crippen molar-refractivity contribution in [1.82, 2.24) is 9.55 Å². The van der Waals surface area contributed by atoms with Crippen molar-refractivity contribution >= 4 is 0 Å². The van der Waals surface area contributed by atoms with Crippen molar-refractivity contribution in [3.05, 3.63) is 54.6 Å². The lowest BCUT2D eigenvalue weighted by Crippen LogP contribution is -2.31. The number of aliphatic hydroxyl groups is 1. The van der Waals surface area contributed by atoms with E-state index in [1.807, 2.05) is 41.1 Å². The van der Waals surface area contributed by atoms with E-state index in [0.29, 0.717) is 6.54 Å². The maximum Gasteiger partial charge on any atom is 0.107 e. The summed E-state index contributed by atoms with van der Waals surface area (Å²) in [6.07, 6.45) is 10.9. The number of nitrogens with zero attached hydrogens (tertiary/aromatic N) is 2. The van der Waals surface area contributed by atoms with E-state index in [1.165, 1.54) is 19.3 Å². The fourth-order valence-electron chi connectivity index (χ4n) is 2.59. The first-order chi connectivity index (χ1) is 9.74. The molecule has 108 valence electrons. The van der Waals surface area contributed by atoms with Crippen molar-refractivity contribution in [2.24, 2.45) is 0 Å². The van der Waals surface area contributed by atoms with Gasteiger partial charge in [-0.05, 0) is 12.0 Å². The standard InChI is InChI=1S/C17H24N2O/c1-2-3-4-8-11-17(20,14-19-13-12-18-15-19)16-9-6-5-7-10-16/h5-7,9-10,12-13,15,20H,2-4,8,11,14H2,1H3. The van der Waals surface area contributed by atoms with E-state index in [4.69, 9.17) is 0 Å². The van der Waals surface area contributed by atoms with Crippen molar-refractivity contribution in [1.29, 1.82) is 0 Å². The van der Waals surface area contributed by atoms with Crippen LogP contribution < -0.4 is 0 Å². The van der Waals surface area contributed by atoms with Crippen LogP contribution in [0.1, 0.15) is 44.6 Å². The summed E-state index contributed by atoms with van der Waals surface area (Å²) in [4.78, 5) is 4.06. The lowest BCUT2D eigenvalue weighted by molar-refractivity contribution is 0.00707. The molecule has 0 amide bonds. The van der Waals surface area contributed by atoms with Gasteiger partial charge < -0.3 is 9.67 Å². The summed E-state index contributed by atoms with van der Waals surface area (Å²) < 4.78 is 1.95. The van der Waals surface area contributed by atoms with Crippen LogP contribution >= 0.6 is 0 Å². The second kappa shape index (κ2) is 7.25. The molecule has 1 aromatic carbocycles. The Hall–Kier alpha value is -1.61. The van der Waals surface area contributed by atoms with Crippen LogP contribution in [0.25, 0.3) is 0 Å². The van der Waals surface area contributed by atoms with Crippen LogP contribution in [0.3, 0.4) is 0 Å². The van der Waals surface area contributed by atoms with Crippen LogP contribution in [0.5, 0.6) is 0 Å². The van der Waals surface area contributed by atoms with Gasteiger partial charge in [-0.25, -0.2) is 4.98 Å². The normalized spacial score (nSPS) is 14.1. The average Bonchev–Trinajstić information content (AvgIpc) is 2.97. The summed E-state index contributed by atoms with van der Waals surface area (Å²) in [5.41, 5.74) is 0.181. The average molecular weight is 272 g/mol. The van der Waals surface area contributed by atoms with E-state index in [2.05, 4.69) is 11.9 Å². The molecular weight excluding hydrogens is 248 g/mol. The SMILES string of the molecule is CCCCCCC(O)(Cn1ccnc1)c1ccccc1. The molecule has 0 radical (unpaired) electrons. The molecule has 3 heteroatoms. The number of imidazole rings is 1. The van der Waals surface area contributed by atoms with E-state index in [9.17, 15) is 5.11 Å². The summed E-state index contributed by atoms with van der Waals surface area (Å²) in [7, 11) is 0. The fraction of sp³-hybridized carbons (Fsp3) is 0.471. The van der Waals surface area contributed by atoms with Gasteiger partial charge >= 0.3 is 0 Å². The largest absolute Gasteiger partial charge is 0.383 e. The van der Waals surface area contributed by atoms with Gasteiger partial charge in [-0.1, -0.05) is 62.9 Å². The number of benzene rings is 1. The minimum atomic E-state index is -0.810. The molecule has 3 nitrogen and oxygen atoms in total. The lowest BCUT2D eigenvalue weighted by atomic mass is 9.88. The third-order valence-corrected chi connectivity index (χ3v) is 3.76. The monoisotopic (exact) mass is 272 g/mol. The maximum absolute atomic E-state index is 11.1. The smallest absolute Gasteiger partial charge is 0.107 e. The molecule has 0 fully saturated rings. The second-order valence-electron chi connectivity index (χ2n) is 5.44. The van der Waals surface area contributed by atoms with Gasteiger partial charge in [0.05, 0.1) is 12.9 Å². The first kappa shape index (κ1) is 14.8. The molecule has 0 aliphatic heterocycles. The molecule has 0 bridgehead atoms. The summed E-state index contributed by atoms with van der Waals surface area (Å²) in [5, 5.41) is 11.1. The maximum atomic E-state index is 11.1. The molecule has 1 heterocycles. The van der Waals surface area contributed by atoms with Crippen LogP contribution in [-0.4, -0.2) is 14.7 Å². The van der Waals surface area contributed by atoms with E-state index in [0.717, 1.165) is 18.4 Å². The number of unbranched alkanes of at least 4 members (excludes halogenated alkanes) is 3. The van der Waals surface area contributed by atoms with Crippen molar-refractivity contribution in [3.63, 3.8) is 0 Å². The van der Waals surface area contributed by atoms with Gasteiger partial charge in [0.25, 0.3) is 0 Å². The van der Waals surface area contributed by atoms with Crippen molar-refractivity contribution in [3.8, 4) is 0 Å². The Morgan fingerprint density at radius 2 is 1.95 bits per heavy atom. The van der Waals surface area contributed by atoms with E-state index >= 15 is 0 Å². The molecule has 0 aliphatic rings. The van der Waals surface area contributed by atoms with Crippen molar-refractivity contribution < 1.29 is 5.11 Å². The minimum absolute atomic E-state index is 0.559. The molecule has 1 unspecified atom stereocenters. The number of rotatable bonds is 8. The Bertz CT molecular complexity index is 481. The molecule has 20 heavy (non-hydrogen) atoms. The molecule has 0 saturated carbocycles. The van der Waals surface area contributed by atoms with Crippen LogP contribution in [0.2, 0.25) is 0 Å². The highest BCUT2D eigenvalue weighted by Gasteiger charge is 2.28. The Kier molecular flexibility index (Phi) is 5.36. The topological polar surface area (TPSA) is 38.0 Å². The molecule has 2 aromatic rings. The van der Waals surface area contributed by atoms with E-state index in [-0.39, 0.29) is 0 Å². The van der Waals surface area contributed by atoms with Crippen LogP contribution in [0.15, 0.2) is 49.1 Å². The van der Waals surface area contributed by atoms with Crippen molar-refractivity contribution in [2.45, 2.75) is 51.2 Å². The quantitative estimate of drug-likeness (QED) is 0.743. The van der Waals surface area contributed by atoms with Gasteiger partial charge in [-0.2, -0.15) is 0 Å². The highest BCUT2D eigenvalue weighted by Crippen LogP contribution is 2.29. The van der Waals surface area contributed by atoms with E-state index < -0.39 is 5.60 Å². The Morgan fingerprint density at radius 3 is 2.60 bits per heavy atom. The van der Waals surface area contributed by atoms with Gasteiger partial charge in [0.1, 0.15) is 5.60 Å². The molecule has 0 aliphatic carbocycles. The molecule has 1 N–H and O–H groups in total. The molecule has 1 atom stereocenters. The zero-order valence-corrected chi connectivity index (χ0v) is 12.2. The van der Waals surface area contributed by atoms with Gasteiger partial charge in [0.15, 0.2) is 0 Å². The van der Waals surface area contributed by atoms with E-state index in [1.54, 1.807) is 12.5 Å². The predicted octanol–water partition coefficient (Wildman–Crippen LogP) is 3.74. The summed E-state index contributed by atoms with van der Waals surface area (Å²) in [6.45, 7) is 2.76. The molecule has 0 spiro atoms. The van der Waals surface area contributed by atoms with Crippen LogP contribution in [0, 0.1) is 0 Å². The summed E-state index contributed by atoms with van der Waals surface area (Å²) in [5.74, 6) is 0. The van der Waals surface area contributed by atoms with Crippen LogP contribution in [-0.2, 0) is 12.1 Å². The highest BCUT2D eigenvalue weighted by atomic mass is 16.3. The number of aromatic nitrogens is 2. The predicted molar refractivity (Wildman–Crippen MR) is 81.3 cm³/mol. The number of hydrogen-bond acceptors (Lipinski definition) is 2. The Morgan fingerprint density at radius 1 is 1.15 bits per heavy atom. The molecular formula is C17H24N2O. The first-order valence-corrected chi connectivity index (χ1v) is 7.48. The molecule has 2 rings (SSSR count). The Balaban J connectivity index is 2.10. The lowest BCUT2D eigenvalue weighted by Gasteiger charge is -2.29. The zero-order valence-electron chi connectivity index (χ0n) is 12.2. The zero-order chi connectivity index (χ0) is 14.3. The first-order valence-electron chi connectivity index (χ1n) is 7.48. The second-order valence-corrected chi connectivity index (χ2v) is 5.44. The molecule has 1 aromatic heterocycles. The van der Waals surface area contributed by atoms with Gasteiger partial charge in [0, 0.05) is 12.4 Å². The van der Waals surface area contributed by atoms with Crippen molar-refractivity contribution in [2.75, 3.05) is 0 Å². The third kappa shape index (κ3) is 3.94. The fourth-order valence-corrected chi connectivity index (χ4v) is 2.59. The van der Waals surface area contributed by atoms with Crippen LogP contribution in [0.4, 0.5) is 0 Å². The van der Waals surface area contributed by atoms with Gasteiger partial charge in [-0.15, -0.1) is 0 Å². The van der Waals surface area contributed by atoms with Gasteiger partial charge in [-0.3, -0.25) is 0 Å². The summed E-state index contributed by atoms with van der Waals surface area (Å²) in [6, 6.07) is 9.98.